The zero-order valence-corrected chi connectivity index (χ0v) is 37.5. The quantitative estimate of drug-likeness (QED) is 0.165. The van der Waals surface area contributed by atoms with Crippen molar-refractivity contribution in [1.29, 1.82) is 0 Å². The van der Waals surface area contributed by atoms with Gasteiger partial charge >= 0.3 is 0 Å². The third-order valence-electron chi connectivity index (χ3n) is 13.3. The van der Waals surface area contributed by atoms with Gasteiger partial charge in [0.15, 0.2) is 0 Å². The van der Waals surface area contributed by atoms with Crippen molar-refractivity contribution in [1.82, 2.24) is 0 Å². The topological polar surface area (TPSA) is 6.48 Å². The number of hydrogen-bond acceptors (Lipinski definition) is 2. The lowest BCUT2D eigenvalue weighted by molar-refractivity contribution is 0.590. The number of hydrogen-bond donors (Lipinski definition) is 0. The predicted molar refractivity (Wildman–Crippen MR) is 252 cm³/mol. The van der Waals surface area contributed by atoms with Gasteiger partial charge in [-0.05, 0) is 114 Å². The smallest absolute Gasteiger partial charge is 0.251 e. The first-order valence-electron chi connectivity index (χ1n) is 21.1. The van der Waals surface area contributed by atoms with E-state index in [9.17, 15) is 0 Å². The molecule has 2 nitrogen and oxygen atoms in total. The van der Waals surface area contributed by atoms with Crippen LogP contribution in [0.5, 0.6) is 0 Å². The number of benzene rings is 6. The van der Waals surface area contributed by atoms with Gasteiger partial charge in [-0.15, -0.1) is 0 Å². The van der Waals surface area contributed by atoms with Crippen LogP contribution in [0.15, 0.2) is 121 Å². The van der Waals surface area contributed by atoms with Gasteiger partial charge in [-0.1, -0.05) is 173 Å². The molecule has 0 atom stereocenters. The van der Waals surface area contributed by atoms with Crippen molar-refractivity contribution in [3.05, 3.63) is 144 Å². The Kier molecular flexibility index (Phi) is 8.18. The summed E-state index contributed by atoms with van der Waals surface area (Å²) >= 11 is 0. The van der Waals surface area contributed by atoms with Gasteiger partial charge in [0, 0.05) is 34.1 Å². The van der Waals surface area contributed by atoms with Crippen molar-refractivity contribution in [3.63, 3.8) is 0 Å². The van der Waals surface area contributed by atoms with Crippen LogP contribution in [0.25, 0.3) is 0 Å². The summed E-state index contributed by atoms with van der Waals surface area (Å²) in [5.74, 6) is 0. The van der Waals surface area contributed by atoms with Crippen LogP contribution in [0.3, 0.4) is 0 Å². The molecule has 0 aromatic heterocycles. The highest BCUT2D eigenvalue weighted by molar-refractivity contribution is 7.21. The summed E-state index contributed by atoms with van der Waals surface area (Å²) in [5, 5.41) is 4.59. The lowest BCUT2D eigenvalue weighted by Gasteiger charge is -2.51. The molecule has 4 heteroatoms. The second-order valence-corrected chi connectivity index (χ2v) is 25.2. The first kappa shape index (κ1) is 37.8. The Morgan fingerprint density at radius 3 is 1.14 bits per heavy atom. The van der Waals surface area contributed by atoms with Gasteiger partial charge in [0.25, 0.3) is 6.71 Å². The molecular weight excluding hydrogens is 703 g/mol. The molecule has 0 spiro atoms. The maximum Gasteiger partial charge on any atom is 0.251 e. The highest BCUT2D eigenvalue weighted by atomic mass is 28.3. The lowest BCUT2D eigenvalue weighted by Crippen LogP contribution is -2.83. The molecule has 3 aliphatic rings. The molecule has 6 aromatic rings. The van der Waals surface area contributed by atoms with Crippen LogP contribution in [0.1, 0.15) is 105 Å². The minimum atomic E-state index is -2.64. The summed E-state index contributed by atoms with van der Waals surface area (Å²) in [7, 11) is -2.64. The molecular formula is C53H59BN2Si. The van der Waals surface area contributed by atoms with Crippen molar-refractivity contribution in [2.24, 2.45) is 0 Å². The molecule has 0 unspecified atom stereocenters. The van der Waals surface area contributed by atoms with Crippen molar-refractivity contribution in [2.45, 2.75) is 111 Å². The van der Waals surface area contributed by atoms with E-state index in [0.29, 0.717) is 0 Å². The van der Waals surface area contributed by atoms with E-state index >= 15 is 0 Å². The Morgan fingerprint density at radius 2 is 0.772 bits per heavy atom. The molecule has 0 saturated carbocycles. The van der Waals surface area contributed by atoms with Crippen LogP contribution < -0.4 is 41.7 Å². The molecule has 0 radical (unpaired) electrons. The highest BCUT2D eigenvalue weighted by Gasteiger charge is 2.54. The van der Waals surface area contributed by atoms with Crippen LogP contribution in [-0.4, -0.2) is 14.8 Å². The van der Waals surface area contributed by atoms with E-state index < -0.39 is 8.07 Å². The van der Waals surface area contributed by atoms with E-state index in [1.54, 1.807) is 10.4 Å². The largest absolute Gasteiger partial charge is 0.311 e. The maximum absolute atomic E-state index is 2.66. The minimum Gasteiger partial charge on any atom is -0.311 e. The van der Waals surface area contributed by atoms with Crippen molar-refractivity contribution < 1.29 is 0 Å². The van der Waals surface area contributed by atoms with Crippen LogP contribution in [0.2, 0.25) is 6.55 Å². The molecule has 3 heterocycles. The molecule has 0 bridgehead atoms. The molecule has 0 N–H and O–H groups in total. The van der Waals surface area contributed by atoms with Gasteiger partial charge in [0.1, 0.15) is 8.07 Å². The molecule has 288 valence electrons. The van der Waals surface area contributed by atoms with Crippen molar-refractivity contribution >= 4 is 80.9 Å². The van der Waals surface area contributed by atoms with Crippen molar-refractivity contribution in [2.75, 3.05) is 9.80 Å². The third kappa shape index (κ3) is 5.72. The fourth-order valence-corrected chi connectivity index (χ4v) is 14.2. The number of nitrogens with zero attached hydrogens (tertiary/aromatic N) is 2. The molecule has 0 amide bonds. The Labute approximate surface area is 344 Å². The van der Waals surface area contributed by atoms with Gasteiger partial charge in [0.2, 0.25) is 0 Å². The zero-order chi connectivity index (χ0) is 40.6. The summed E-state index contributed by atoms with van der Waals surface area (Å²) in [6, 6.07) is 47.9. The highest BCUT2D eigenvalue weighted by Crippen LogP contribution is 2.46. The first-order chi connectivity index (χ1) is 26.7. The lowest BCUT2D eigenvalue weighted by atomic mass is 9.33. The molecule has 57 heavy (non-hydrogen) atoms. The van der Waals surface area contributed by atoms with Crippen molar-refractivity contribution in [3.8, 4) is 0 Å². The Balaban J connectivity index is 1.46. The summed E-state index contributed by atoms with van der Waals surface area (Å²) in [5.41, 5.74) is 17.6. The van der Waals surface area contributed by atoms with E-state index in [2.05, 4.69) is 221 Å². The average molecular weight is 763 g/mol. The number of rotatable bonds is 3. The summed E-state index contributed by atoms with van der Waals surface area (Å²) in [6.45, 7) is 30.9. The third-order valence-corrected chi connectivity index (χ3v) is 17.8. The van der Waals surface area contributed by atoms with Gasteiger partial charge < -0.3 is 9.80 Å². The minimum absolute atomic E-state index is 0.0390. The molecule has 0 aliphatic carbocycles. The molecule has 0 fully saturated rings. The fraction of sp³-hybridized carbons (Fsp3) is 0.321. The van der Waals surface area contributed by atoms with Gasteiger partial charge in [-0.3, -0.25) is 0 Å². The average Bonchev–Trinajstić information content (AvgIpc) is 3.15. The maximum atomic E-state index is 2.66. The van der Waals surface area contributed by atoms with Crippen LogP contribution >= 0.6 is 0 Å². The summed E-state index contributed by atoms with van der Waals surface area (Å²) < 4.78 is 0. The zero-order valence-electron chi connectivity index (χ0n) is 36.5. The Hall–Kier alpha value is -4.80. The second kappa shape index (κ2) is 12.4. The van der Waals surface area contributed by atoms with Gasteiger partial charge in [-0.25, -0.2) is 0 Å². The van der Waals surface area contributed by atoms with Crippen LogP contribution in [0, 0.1) is 0 Å². The van der Waals surface area contributed by atoms with E-state index in [1.165, 1.54) is 78.0 Å². The summed E-state index contributed by atoms with van der Waals surface area (Å²) in [6.07, 6.45) is 0. The Bertz CT molecular complexity index is 2410. The van der Waals surface area contributed by atoms with E-state index in [4.69, 9.17) is 0 Å². The van der Waals surface area contributed by atoms with Crippen LogP contribution in [-0.2, 0) is 21.7 Å². The SMILES string of the molecule is CC(C)(C)c1ccc(N2c3cccc4c3B3c5c2cc(C(C)(C)C)cc5[Si](C)(c2ccccc2)c2cc(C(C)(C)C)cc(c23)N4c2ccc(C(C)(C)C)cc2)cc1. The van der Waals surface area contributed by atoms with Gasteiger partial charge in [-0.2, -0.15) is 0 Å². The summed E-state index contributed by atoms with van der Waals surface area (Å²) in [4.78, 5) is 5.24. The molecule has 6 aromatic carbocycles. The van der Waals surface area contributed by atoms with E-state index in [1.807, 2.05) is 0 Å². The van der Waals surface area contributed by atoms with E-state index in [-0.39, 0.29) is 28.4 Å². The van der Waals surface area contributed by atoms with E-state index in [0.717, 1.165) is 0 Å². The van der Waals surface area contributed by atoms with Crippen LogP contribution in [0.4, 0.5) is 34.1 Å². The number of anilines is 6. The molecule has 0 saturated heterocycles. The fourth-order valence-electron chi connectivity index (χ4n) is 9.87. The predicted octanol–water partition coefficient (Wildman–Crippen LogP) is 10.4. The monoisotopic (exact) mass is 762 g/mol. The van der Waals surface area contributed by atoms with Gasteiger partial charge in [0.05, 0.1) is 0 Å². The normalized spacial score (nSPS) is 15.5. The second-order valence-electron chi connectivity index (χ2n) is 21.3. The molecule has 3 aliphatic heterocycles. The molecule has 9 rings (SSSR count). The standard InChI is InChI=1S/C53H59BN2Si/c1-50(2,3)34-22-26-38(27-23-34)55-41-20-17-21-42-47(41)54-48-43(55)30-36(52(7,8)9)32-45(48)57(13,40-18-15-14-16-19-40)46-33-37(53(10,11)12)31-44(49(46)54)56(42)39-28-24-35(25-29-39)51(4,5)6/h14-33H,1-13H3. The first-order valence-corrected chi connectivity index (χ1v) is 23.6. The Morgan fingerprint density at radius 1 is 0.386 bits per heavy atom.